The summed E-state index contributed by atoms with van der Waals surface area (Å²) in [6.07, 6.45) is 3.17. The minimum Gasteiger partial charge on any atom is -0.385 e. The Kier molecular flexibility index (Phi) is 7.11. The van der Waals surface area contributed by atoms with E-state index >= 15 is 0 Å². The average Bonchev–Trinajstić information content (AvgIpc) is 2.72. The summed E-state index contributed by atoms with van der Waals surface area (Å²) < 4.78 is 58.8. The van der Waals surface area contributed by atoms with E-state index in [9.17, 15) is 22.0 Å². The van der Waals surface area contributed by atoms with Gasteiger partial charge in [-0.15, -0.1) is 0 Å². The number of likely N-dealkylation sites (tertiary alicyclic amines) is 1. The highest BCUT2D eigenvalue weighted by Gasteiger charge is 2.41. The summed E-state index contributed by atoms with van der Waals surface area (Å²) in [6, 6.07) is 2.55. The second-order valence-corrected chi connectivity index (χ2v) is 10.1. The molecule has 0 saturated carbocycles. The molecule has 0 aromatic heterocycles. The summed E-state index contributed by atoms with van der Waals surface area (Å²) in [7, 11) is -2.34. The van der Waals surface area contributed by atoms with E-state index in [-0.39, 0.29) is 29.9 Å². The Labute approximate surface area is 176 Å². The van der Waals surface area contributed by atoms with Crippen LogP contribution in [0.25, 0.3) is 0 Å². The van der Waals surface area contributed by atoms with E-state index in [1.807, 2.05) is 0 Å². The average molecular weight is 446 g/mol. The molecule has 2 heterocycles. The molecule has 3 rings (SSSR count). The van der Waals surface area contributed by atoms with Crippen LogP contribution >= 0.6 is 0 Å². The number of nitrogens with zero attached hydrogens (tertiary/aromatic N) is 2. The largest absolute Gasteiger partial charge is 0.385 e. The third-order valence-corrected chi connectivity index (χ3v) is 8.35. The van der Waals surface area contributed by atoms with Gasteiger partial charge in [-0.05, 0) is 57.3 Å². The number of hydrogen-bond donors (Lipinski definition) is 1. The molecule has 2 aliphatic rings. The van der Waals surface area contributed by atoms with Crippen molar-refractivity contribution in [2.45, 2.75) is 43.0 Å². The van der Waals surface area contributed by atoms with Gasteiger partial charge in [0.05, 0.1) is 10.3 Å². The highest BCUT2D eigenvalue weighted by atomic mass is 32.2. The first-order valence-corrected chi connectivity index (χ1v) is 11.6. The van der Waals surface area contributed by atoms with Crippen molar-refractivity contribution in [3.63, 3.8) is 0 Å². The molecule has 0 radical (unpaired) electrons. The van der Waals surface area contributed by atoms with E-state index < -0.39 is 27.1 Å². The molecule has 0 unspecified atom stereocenters. The van der Waals surface area contributed by atoms with E-state index in [1.165, 1.54) is 4.31 Å². The minimum absolute atomic E-state index is 0.203. The van der Waals surface area contributed by atoms with Gasteiger partial charge in [-0.25, -0.2) is 17.2 Å². The number of ether oxygens (including phenoxy) is 1. The second-order valence-electron chi connectivity index (χ2n) is 8.16. The maximum absolute atomic E-state index is 13.5. The fourth-order valence-corrected chi connectivity index (χ4v) is 6.02. The van der Waals surface area contributed by atoms with Crippen LogP contribution in [0.1, 0.15) is 32.1 Å². The van der Waals surface area contributed by atoms with Crippen molar-refractivity contribution < 1.29 is 26.7 Å². The molecule has 2 fully saturated rings. The molecule has 0 bridgehead atoms. The van der Waals surface area contributed by atoms with Crippen molar-refractivity contribution in [1.82, 2.24) is 9.21 Å². The van der Waals surface area contributed by atoms with Crippen LogP contribution in [0.4, 0.5) is 8.78 Å². The quantitative estimate of drug-likeness (QED) is 0.690. The molecule has 1 aromatic carbocycles. The zero-order chi connectivity index (χ0) is 21.9. The van der Waals surface area contributed by atoms with Gasteiger partial charge >= 0.3 is 0 Å². The number of carbonyl (C=O) groups is 1. The number of halogens is 2. The zero-order valence-corrected chi connectivity index (χ0v) is 18.0. The molecule has 0 aliphatic carbocycles. The molecule has 168 valence electrons. The van der Waals surface area contributed by atoms with Gasteiger partial charge < -0.3 is 15.4 Å². The number of rotatable bonds is 7. The molecule has 0 spiro atoms. The smallest absolute Gasteiger partial charge is 0.243 e. The van der Waals surface area contributed by atoms with E-state index in [4.69, 9.17) is 10.5 Å². The Morgan fingerprint density at radius 2 is 1.70 bits per heavy atom. The Morgan fingerprint density at radius 1 is 1.13 bits per heavy atom. The van der Waals surface area contributed by atoms with E-state index in [1.54, 1.807) is 7.11 Å². The van der Waals surface area contributed by atoms with Crippen LogP contribution in [0.2, 0.25) is 0 Å². The maximum atomic E-state index is 13.5. The lowest BCUT2D eigenvalue weighted by Gasteiger charge is -2.45. The lowest BCUT2D eigenvalue weighted by atomic mass is 9.74. The van der Waals surface area contributed by atoms with Crippen molar-refractivity contribution in [2.24, 2.45) is 11.1 Å². The molecular formula is C20H29F2N3O4S. The van der Waals surface area contributed by atoms with E-state index in [0.717, 1.165) is 25.2 Å². The molecule has 7 nitrogen and oxygen atoms in total. The lowest BCUT2D eigenvalue weighted by molar-refractivity contribution is -0.132. The number of methoxy groups -OCH3 is 1. The summed E-state index contributed by atoms with van der Waals surface area (Å²) in [5, 5.41) is 0. The van der Waals surface area contributed by atoms with Gasteiger partial charge in [-0.3, -0.25) is 4.79 Å². The summed E-state index contributed by atoms with van der Waals surface area (Å²) in [5.41, 5.74) is 5.13. The fourth-order valence-electron chi connectivity index (χ4n) is 4.51. The normalized spacial score (nSPS) is 21.6. The highest BCUT2D eigenvalue weighted by molar-refractivity contribution is 7.89. The topological polar surface area (TPSA) is 92.9 Å². The van der Waals surface area contributed by atoms with Crippen LogP contribution in [0.5, 0.6) is 0 Å². The maximum Gasteiger partial charge on any atom is 0.243 e. The number of carbonyl (C=O) groups excluding carboxylic acids is 1. The number of primary amides is 1. The van der Waals surface area contributed by atoms with Gasteiger partial charge in [-0.1, -0.05) is 0 Å². The van der Waals surface area contributed by atoms with Gasteiger partial charge in [0.15, 0.2) is 0 Å². The predicted molar refractivity (Wildman–Crippen MR) is 107 cm³/mol. The Bertz CT molecular complexity index is 845. The second kappa shape index (κ2) is 9.25. The molecule has 2 saturated heterocycles. The van der Waals surface area contributed by atoms with Gasteiger partial charge in [0.1, 0.15) is 11.6 Å². The molecule has 0 atom stereocenters. The lowest BCUT2D eigenvalue weighted by Crippen LogP contribution is -2.53. The molecular weight excluding hydrogens is 416 g/mol. The van der Waals surface area contributed by atoms with Gasteiger partial charge in [0.2, 0.25) is 15.9 Å². The van der Waals surface area contributed by atoms with Crippen molar-refractivity contribution in [3.05, 3.63) is 29.8 Å². The Hall–Kier alpha value is -1.62. The van der Waals surface area contributed by atoms with E-state index in [0.29, 0.717) is 44.8 Å². The monoisotopic (exact) mass is 445 g/mol. The van der Waals surface area contributed by atoms with Gasteiger partial charge in [0, 0.05) is 38.9 Å². The van der Waals surface area contributed by atoms with Crippen LogP contribution in [0, 0.1) is 17.0 Å². The van der Waals surface area contributed by atoms with Gasteiger partial charge in [0.25, 0.3) is 0 Å². The standard InChI is InChI=1S/C20H29F2N3O4S/c1-29-11-6-20(19(23)26)4-9-24(10-5-20)17-2-7-25(8-3-17)30(27,28)18-13-15(21)12-16(22)14-18/h12-14,17H,2-11H2,1H3,(H2,23,26). The molecule has 2 aliphatic heterocycles. The van der Waals surface area contributed by atoms with Crippen molar-refractivity contribution in [3.8, 4) is 0 Å². The summed E-state index contributed by atoms with van der Waals surface area (Å²) in [4.78, 5) is 14.0. The number of piperidine rings is 2. The van der Waals surface area contributed by atoms with Gasteiger partial charge in [-0.2, -0.15) is 4.31 Å². The van der Waals surface area contributed by atoms with Crippen LogP contribution < -0.4 is 5.73 Å². The van der Waals surface area contributed by atoms with E-state index in [2.05, 4.69) is 4.90 Å². The van der Waals surface area contributed by atoms with Crippen molar-refractivity contribution >= 4 is 15.9 Å². The summed E-state index contributed by atoms with van der Waals surface area (Å²) in [6.45, 7) is 2.50. The molecule has 2 N–H and O–H groups in total. The molecule has 10 heteroatoms. The first-order valence-electron chi connectivity index (χ1n) is 10.2. The third kappa shape index (κ3) is 4.82. The number of hydrogen-bond acceptors (Lipinski definition) is 5. The number of sulfonamides is 1. The number of benzene rings is 1. The first-order chi connectivity index (χ1) is 14.2. The predicted octanol–water partition coefficient (Wildman–Crippen LogP) is 1.72. The van der Waals surface area contributed by atoms with Crippen molar-refractivity contribution in [1.29, 1.82) is 0 Å². The SMILES string of the molecule is COCCC1(C(N)=O)CCN(C2CCN(S(=O)(=O)c3cc(F)cc(F)c3)CC2)CC1. The molecule has 30 heavy (non-hydrogen) atoms. The van der Waals surface area contributed by atoms with Crippen LogP contribution in [0.3, 0.4) is 0 Å². The third-order valence-electron chi connectivity index (χ3n) is 6.48. The molecule has 1 amide bonds. The molecule has 1 aromatic rings. The van der Waals surface area contributed by atoms with Crippen LogP contribution in [-0.4, -0.2) is 69.5 Å². The Morgan fingerprint density at radius 3 is 2.20 bits per heavy atom. The Balaban J connectivity index is 1.59. The number of nitrogens with two attached hydrogens (primary N) is 1. The fraction of sp³-hybridized carbons (Fsp3) is 0.650. The highest BCUT2D eigenvalue weighted by Crippen LogP contribution is 2.36. The van der Waals surface area contributed by atoms with Crippen LogP contribution in [-0.2, 0) is 19.6 Å². The number of amides is 1. The van der Waals surface area contributed by atoms with Crippen molar-refractivity contribution in [2.75, 3.05) is 39.9 Å². The zero-order valence-electron chi connectivity index (χ0n) is 17.1. The van der Waals surface area contributed by atoms with Crippen LogP contribution in [0.15, 0.2) is 23.1 Å². The summed E-state index contributed by atoms with van der Waals surface area (Å²) in [5.74, 6) is -2.12. The summed E-state index contributed by atoms with van der Waals surface area (Å²) >= 11 is 0. The first kappa shape index (κ1) is 23.1. The minimum atomic E-state index is -3.94.